The highest BCUT2D eigenvalue weighted by molar-refractivity contribution is 6.30. The van der Waals surface area contributed by atoms with Gasteiger partial charge in [0.1, 0.15) is 48.8 Å². The summed E-state index contributed by atoms with van der Waals surface area (Å²) >= 11 is 6.27. The van der Waals surface area contributed by atoms with Gasteiger partial charge in [-0.3, -0.25) is 0 Å². The van der Waals surface area contributed by atoms with Gasteiger partial charge in [0.05, 0.1) is 46.2 Å². The van der Waals surface area contributed by atoms with E-state index >= 15 is 0 Å². The molecule has 0 radical (unpaired) electrons. The summed E-state index contributed by atoms with van der Waals surface area (Å²) in [4.78, 5) is 0. The first kappa shape index (κ1) is 47.2. The van der Waals surface area contributed by atoms with Crippen LogP contribution in [0.5, 0.6) is 0 Å². The van der Waals surface area contributed by atoms with E-state index in [0.717, 1.165) is 33.4 Å². The van der Waals surface area contributed by atoms with Gasteiger partial charge in [0.25, 0.3) is 0 Å². The molecule has 0 aliphatic carbocycles. The highest BCUT2D eigenvalue weighted by Gasteiger charge is 2.54. The molecule has 11 atom stereocenters. The van der Waals surface area contributed by atoms with Gasteiger partial charge in [-0.2, -0.15) is 0 Å². The van der Waals surface area contributed by atoms with Crippen LogP contribution < -0.4 is 0 Å². The summed E-state index contributed by atoms with van der Waals surface area (Å²) in [6.45, 7) is 1.66. The number of halogens is 1. The van der Waals surface area contributed by atoms with E-state index in [1.54, 1.807) is 7.11 Å². The van der Waals surface area contributed by atoms with E-state index in [9.17, 15) is 0 Å². The summed E-state index contributed by atoms with van der Waals surface area (Å²) in [5.41, 5.74) is 5.78. The largest absolute Gasteiger partial charge is 0.368 e. The average Bonchev–Trinajstić information content (AvgIpc) is 3.39. The zero-order chi connectivity index (χ0) is 45.6. The molecule has 0 bridgehead atoms. The predicted molar refractivity (Wildman–Crippen MR) is 250 cm³/mol. The molecule has 350 valence electrons. The van der Waals surface area contributed by atoms with Crippen LogP contribution in [0, 0.1) is 0 Å². The third-order valence-corrected chi connectivity index (χ3v) is 12.4. The molecule has 0 spiro atoms. The highest BCUT2D eigenvalue weighted by Crippen LogP contribution is 2.39. The monoisotopic (exact) mass is 928 g/mol. The molecule has 0 saturated carbocycles. The quantitative estimate of drug-likeness (QED) is 0.0732. The maximum atomic E-state index is 6.92. The second kappa shape index (κ2) is 23.9. The van der Waals surface area contributed by atoms with Crippen molar-refractivity contribution in [1.82, 2.24) is 0 Å². The molecule has 11 nitrogen and oxygen atoms in total. The molecule has 0 amide bonds. The topological polar surface area (TPSA) is 102 Å². The number of hydrogen-bond acceptors (Lipinski definition) is 11. The van der Waals surface area contributed by atoms with Gasteiger partial charge in [-0.1, -0.05) is 175 Å². The smallest absolute Gasteiger partial charge is 0.187 e. The fraction of sp³-hybridized carbons (Fsp3) is 0.345. The van der Waals surface area contributed by atoms with E-state index in [-0.39, 0.29) is 26.4 Å². The molecular formula is C55H57ClO11. The van der Waals surface area contributed by atoms with Crippen LogP contribution >= 0.6 is 11.6 Å². The molecule has 3 fully saturated rings. The lowest BCUT2D eigenvalue weighted by Crippen LogP contribution is -2.65. The molecule has 6 aromatic carbocycles. The lowest BCUT2D eigenvalue weighted by Gasteiger charge is -2.49. The first-order valence-corrected chi connectivity index (χ1v) is 23.2. The van der Waals surface area contributed by atoms with Crippen molar-refractivity contribution < 1.29 is 52.1 Å². The number of ether oxygens (including phenoxy) is 11. The second-order valence-corrected chi connectivity index (χ2v) is 17.2. The van der Waals surface area contributed by atoms with Crippen LogP contribution in [0.4, 0.5) is 0 Å². The van der Waals surface area contributed by atoms with Crippen LogP contribution in [0.1, 0.15) is 39.7 Å². The van der Waals surface area contributed by atoms with Crippen LogP contribution in [0.3, 0.4) is 0 Å². The molecule has 12 heteroatoms. The van der Waals surface area contributed by atoms with Gasteiger partial charge >= 0.3 is 0 Å². The van der Waals surface area contributed by atoms with Crippen LogP contribution in [0.15, 0.2) is 176 Å². The maximum absolute atomic E-state index is 6.92. The molecule has 0 N–H and O–H groups in total. The SMILES string of the molecule is CO[C@H]1O[C@H](CO[C@@H]2O[C@@H]3COC(c4ccc(Cl)cc4)O[C@H]3[C@H](OCc3ccccc3)[C@@H]2OCc2ccccc2)[C@@H](OCc2ccccc2)[C@H](OCc2ccccc2)[C@H]1OCc1ccccc1. The third kappa shape index (κ3) is 12.6. The fourth-order valence-electron chi connectivity index (χ4n) is 8.63. The number of rotatable bonds is 20. The van der Waals surface area contributed by atoms with Gasteiger partial charge in [0.15, 0.2) is 18.9 Å². The molecule has 1 unspecified atom stereocenters. The Balaban J connectivity index is 1.02. The van der Waals surface area contributed by atoms with Crippen molar-refractivity contribution >= 4 is 11.6 Å². The Kier molecular flexibility index (Phi) is 16.9. The van der Waals surface area contributed by atoms with E-state index in [1.807, 2.05) is 176 Å². The van der Waals surface area contributed by atoms with Crippen LogP contribution in [-0.2, 0) is 85.1 Å². The van der Waals surface area contributed by atoms with Crippen molar-refractivity contribution in [1.29, 1.82) is 0 Å². The average molecular weight is 930 g/mol. The Bertz CT molecular complexity index is 2330. The van der Waals surface area contributed by atoms with Crippen molar-refractivity contribution in [2.75, 3.05) is 20.3 Å². The zero-order valence-electron chi connectivity index (χ0n) is 37.4. The summed E-state index contributed by atoms with van der Waals surface area (Å²) in [5, 5.41) is 0.618. The molecule has 9 rings (SSSR count). The molecule has 0 aromatic heterocycles. The van der Waals surface area contributed by atoms with Crippen molar-refractivity contribution in [3.63, 3.8) is 0 Å². The minimum atomic E-state index is -0.958. The Hall–Kier alpha value is -4.83. The van der Waals surface area contributed by atoms with Crippen molar-refractivity contribution in [2.45, 2.75) is 101 Å². The molecule has 3 aliphatic rings. The van der Waals surface area contributed by atoms with Crippen molar-refractivity contribution in [3.05, 3.63) is 214 Å². The summed E-state index contributed by atoms with van der Waals surface area (Å²) in [5.74, 6) is 0. The van der Waals surface area contributed by atoms with E-state index in [4.69, 9.17) is 63.7 Å². The zero-order valence-corrected chi connectivity index (χ0v) is 38.2. The molecule has 3 aliphatic heterocycles. The number of fused-ring (bicyclic) bond motifs is 1. The summed E-state index contributed by atoms with van der Waals surface area (Å²) in [7, 11) is 1.60. The molecule has 3 heterocycles. The Morgan fingerprint density at radius 3 is 1.31 bits per heavy atom. The van der Waals surface area contributed by atoms with Crippen LogP contribution in [-0.4, -0.2) is 81.7 Å². The van der Waals surface area contributed by atoms with Gasteiger partial charge < -0.3 is 52.1 Å². The highest BCUT2D eigenvalue weighted by atomic mass is 35.5. The summed E-state index contributed by atoms with van der Waals surface area (Å²) in [6.07, 6.45) is -7.85. The number of benzene rings is 6. The van der Waals surface area contributed by atoms with Gasteiger partial charge in [0, 0.05) is 17.7 Å². The number of methoxy groups -OCH3 is 1. The first-order chi connectivity index (χ1) is 33.1. The molecule has 6 aromatic rings. The van der Waals surface area contributed by atoms with Gasteiger partial charge in [-0.25, -0.2) is 0 Å². The first-order valence-electron chi connectivity index (χ1n) is 22.8. The predicted octanol–water partition coefficient (Wildman–Crippen LogP) is 9.79. The van der Waals surface area contributed by atoms with Crippen LogP contribution in [0.2, 0.25) is 5.02 Å². The summed E-state index contributed by atoms with van der Waals surface area (Å²) in [6, 6.07) is 57.5. The normalized spacial score (nSPS) is 27.3. The van der Waals surface area contributed by atoms with E-state index in [0.29, 0.717) is 24.8 Å². The van der Waals surface area contributed by atoms with E-state index in [1.165, 1.54) is 0 Å². The minimum absolute atomic E-state index is 0.00366. The Morgan fingerprint density at radius 1 is 0.433 bits per heavy atom. The van der Waals surface area contributed by atoms with Gasteiger partial charge in [0.2, 0.25) is 0 Å². The Labute approximate surface area is 397 Å². The third-order valence-electron chi connectivity index (χ3n) is 12.1. The van der Waals surface area contributed by atoms with Crippen molar-refractivity contribution in [2.24, 2.45) is 0 Å². The second-order valence-electron chi connectivity index (χ2n) is 16.8. The summed E-state index contributed by atoms with van der Waals surface area (Å²) < 4.78 is 73.9. The maximum Gasteiger partial charge on any atom is 0.187 e. The Morgan fingerprint density at radius 2 is 0.851 bits per heavy atom. The standard InChI is InChI=1S/C55H57ClO11/c1-57-54-51(61-34-41-23-13-5-14-24-41)49(59-32-39-19-9-3-10-20-39)47(58-31-38-17-7-2-8-18-38)45(65-54)36-64-55-52(62-35-42-25-15-6-16-26-42)50(60-33-40-21-11-4-12-22-40)48-46(66-55)37-63-53(67-48)43-27-29-44(56)30-28-43/h2-30,45-55H,31-37H2,1H3/t45-,46-,47-,48-,49+,50+,51-,52+,53?,54+,55-/m1/s1. The van der Waals surface area contributed by atoms with E-state index < -0.39 is 67.7 Å². The van der Waals surface area contributed by atoms with Gasteiger partial charge in [-0.15, -0.1) is 0 Å². The minimum Gasteiger partial charge on any atom is -0.368 e. The fourth-order valence-corrected chi connectivity index (χ4v) is 8.75. The molecular weight excluding hydrogens is 872 g/mol. The van der Waals surface area contributed by atoms with E-state index in [2.05, 4.69) is 0 Å². The molecule has 3 saturated heterocycles. The number of hydrogen-bond donors (Lipinski definition) is 0. The van der Waals surface area contributed by atoms with Crippen LogP contribution in [0.25, 0.3) is 0 Å². The molecule has 67 heavy (non-hydrogen) atoms. The van der Waals surface area contributed by atoms with Gasteiger partial charge in [-0.05, 0) is 39.9 Å². The lowest BCUT2D eigenvalue weighted by molar-refractivity contribution is -0.379. The lowest BCUT2D eigenvalue weighted by atomic mass is 9.96. The van der Waals surface area contributed by atoms with Crippen molar-refractivity contribution in [3.8, 4) is 0 Å².